The second kappa shape index (κ2) is 11.0. The number of benzene rings is 1. The van der Waals surface area contributed by atoms with E-state index >= 15 is 0 Å². The van der Waals surface area contributed by atoms with Crippen LogP contribution < -0.4 is 5.32 Å². The van der Waals surface area contributed by atoms with Gasteiger partial charge < -0.3 is 5.32 Å². The van der Waals surface area contributed by atoms with Crippen LogP contribution in [0.25, 0.3) is 0 Å². The third-order valence-electron chi connectivity index (χ3n) is 6.70. The first-order valence-electron chi connectivity index (χ1n) is 10.9. The van der Waals surface area contributed by atoms with E-state index in [4.69, 9.17) is 11.6 Å². The topological polar surface area (TPSA) is 69.7 Å². The number of sulfonamides is 1. The summed E-state index contributed by atoms with van der Waals surface area (Å²) in [5.74, 6) is -3.56. The van der Waals surface area contributed by atoms with Crippen LogP contribution in [0.3, 0.4) is 0 Å². The maximum absolute atomic E-state index is 13.9. The first-order valence-corrected chi connectivity index (χ1v) is 12.9. The predicted octanol–water partition coefficient (Wildman–Crippen LogP) is 4.43. The van der Waals surface area contributed by atoms with E-state index in [0.29, 0.717) is 19.2 Å². The van der Waals surface area contributed by atoms with Gasteiger partial charge >= 0.3 is 6.18 Å². The number of hydrogen-bond acceptors (Lipinski definition) is 4. The van der Waals surface area contributed by atoms with E-state index in [1.807, 2.05) is 4.90 Å². The van der Waals surface area contributed by atoms with E-state index in [0.717, 1.165) is 12.1 Å². The minimum Gasteiger partial charge on any atom is -0.350 e. The first-order chi connectivity index (χ1) is 15.7. The number of alkyl halides is 5. The number of amides is 1. The Morgan fingerprint density at radius 3 is 2.14 bits per heavy atom. The molecule has 2 fully saturated rings. The number of nitrogens with zero attached hydrogens (tertiary/aromatic N) is 2. The molecule has 200 valence electrons. The van der Waals surface area contributed by atoms with E-state index in [9.17, 15) is 35.2 Å². The lowest BCUT2D eigenvalue weighted by atomic mass is 9.78. The van der Waals surface area contributed by atoms with Crippen molar-refractivity contribution in [3.63, 3.8) is 0 Å². The van der Waals surface area contributed by atoms with Crippen LogP contribution in [0.2, 0.25) is 5.02 Å². The van der Waals surface area contributed by atoms with Crippen LogP contribution >= 0.6 is 24.0 Å². The summed E-state index contributed by atoms with van der Waals surface area (Å²) in [7, 11) is -3.37. The average molecular weight is 568 g/mol. The Morgan fingerprint density at radius 1 is 1.09 bits per heavy atom. The summed E-state index contributed by atoms with van der Waals surface area (Å²) in [6.45, 7) is 2.61. The van der Waals surface area contributed by atoms with Crippen LogP contribution in [-0.4, -0.2) is 73.5 Å². The van der Waals surface area contributed by atoms with Crippen molar-refractivity contribution >= 4 is 39.9 Å². The molecule has 0 bridgehead atoms. The number of hydrogen-bond donors (Lipinski definition) is 1. The van der Waals surface area contributed by atoms with Gasteiger partial charge in [-0.25, -0.2) is 17.2 Å². The maximum Gasteiger partial charge on any atom is 0.416 e. The number of carbonyl (C=O) groups is 1. The molecule has 35 heavy (non-hydrogen) atoms. The Kier molecular flexibility index (Phi) is 9.47. The van der Waals surface area contributed by atoms with Crippen molar-refractivity contribution in [2.75, 3.05) is 38.5 Å². The van der Waals surface area contributed by atoms with Crippen molar-refractivity contribution in [2.24, 2.45) is 0 Å². The van der Waals surface area contributed by atoms with Crippen LogP contribution in [0.5, 0.6) is 0 Å². The Morgan fingerprint density at radius 2 is 1.66 bits per heavy atom. The zero-order chi connectivity index (χ0) is 25.4. The summed E-state index contributed by atoms with van der Waals surface area (Å²) in [4.78, 5) is 14.7. The van der Waals surface area contributed by atoms with Gasteiger partial charge in [0.15, 0.2) is 0 Å². The zero-order valence-corrected chi connectivity index (χ0v) is 21.4. The molecule has 0 unspecified atom stereocenters. The molecular formula is C21H28Cl2F5N3O3S. The quantitative estimate of drug-likeness (QED) is 0.516. The Hall–Kier alpha value is -1.21. The molecule has 6 nitrogen and oxygen atoms in total. The van der Waals surface area contributed by atoms with Crippen molar-refractivity contribution < 1.29 is 35.2 Å². The third-order valence-corrected chi connectivity index (χ3v) is 8.89. The smallest absolute Gasteiger partial charge is 0.350 e. The van der Waals surface area contributed by atoms with E-state index in [1.165, 1.54) is 4.31 Å². The molecule has 1 aliphatic heterocycles. The second-order valence-corrected chi connectivity index (χ2v) is 11.4. The minimum atomic E-state index is -4.61. The van der Waals surface area contributed by atoms with Crippen molar-refractivity contribution in [1.29, 1.82) is 0 Å². The van der Waals surface area contributed by atoms with Gasteiger partial charge in [-0.2, -0.15) is 17.5 Å². The van der Waals surface area contributed by atoms with Crippen molar-refractivity contribution in [1.82, 2.24) is 14.5 Å². The standard InChI is InChI=1S/C21H27ClF5N3O3S.ClH/c1-2-34(32,33)30-11-9-29(10-12-30)19(5-7-20(23,24)8-6-19)14-28-18(31)16-4-3-15(13-17(16)22)21(25,26)27;/h3-4,13H,2,5-12,14H2,1H3,(H,28,31);1H. The van der Waals surface area contributed by atoms with Gasteiger partial charge in [-0.1, -0.05) is 11.6 Å². The van der Waals surface area contributed by atoms with Crippen molar-refractivity contribution in [2.45, 2.75) is 50.2 Å². The highest BCUT2D eigenvalue weighted by atomic mass is 35.5. The van der Waals surface area contributed by atoms with Crippen LogP contribution in [0.15, 0.2) is 18.2 Å². The van der Waals surface area contributed by atoms with Gasteiger partial charge in [0.05, 0.1) is 21.9 Å². The van der Waals surface area contributed by atoms with E-state index < -0.39 is 39.1 Å². The van der Waals surface area contributed by atoms with Crippen LogP contribution in [0.4, 0.5) is 22.0 Å². The molecule has 0 radical (unpaired) electrons. The summed E-state index contributed by atoms with van der Waals surface area (Å²) < 4.78 is 92.1. The fraction of sp³-hybridized carbons (Fsp3) is 0.667. The fourth-order valence-corrected chi connectivity index (χ4v) is 5.88. The highest BCUT2D eigenvalue weighted by Gasteiger charge is 2.47. The summed E-state index contributed by atoms with van der Waals surface area (Å²) in [6, 6.07) is 2.41. The molecule has 1 amide bonds. The lowest BCUT2D eigenvalue weighted by Gasteiger charge is -2.50. The van der Waals surface area contributed by atoms with Gasteiger partial charge in [0.25, 0.3) is 5.91 Å². The molecule has 1 saturated carbocycles. The van der Waals surface area contributed by atoms with E-state index in [1.54, 1.807) is 6.92 Å². The molecule has 0 atom stereocenters. The van der Waals surface area contributed by atoms with Crippen molar-refractivity contribution in [3.8, 4) is 0 Å². The van der Waals surface area contributed by atoms with Crippen LogP contribution in [0.1, 0.15) is 48.5 Å². The van der Waals surface area contributed by atoms with E-state index in [2.05, 4.69) is 5.32 Å². The van der Waals surface area contributed by atoms with Gasteiger partial charge in [0, 0.05) is 51.1 Å². The Bertz CT molecular complexity index is 1010. The number of nitrogens with one attached hydrogen (secondary N) is 1. The molecule has 1 N–H and O–H groups in total. The Balaban J connectivity index is 0.00000432. The average Bonchev–Trinajstić information content (AvgIpc) is 2.78. The lowest BCUT2D eigenvalue weighted by molar-refractivity contribution is -0.137. The molecule has 1 saturated heterocycles. The fourth-order valence-electron chi connectivity index (χ4n) is 4.52. The molecule has 3 rings (SSSR count). The normalized spacial score (nSPS) is 21.2. The molecule has 1 aliphatic carbocycles. The molecule has 1 aromatic carbocycles. The van der Waals surface area contributed by atoms with Crippen molar-refractivity contribution in [3.05, 3.63) is 34.3 Å². The maximum atomic E-state index is 13.9. The number of carbonyl (C=O) groups excluding carboxylic acids is 1. The minimum absolute atomic E-state index is 0. The number of halogens is 7. The number of piperazine rings is 1. The molecule has 1 heterocycles. The molecule has 0 spiro atoms. The molecule has 14 heteroatoms. The zero-order valence-electron chi connectivity index (χ0n) is 19.0. The first kappa shape index (κ1) is 30.0. The number of rotatable bonds is 6. The predicted molar refractivity (Wildman–Crippen MR) is 125 cm³/mol. The molecule has 2 aliphatic rings. The Labute approximate surface area is 212 Å². The monoisotopic (exact) mass is 567 g/mol. The van der Waals surface area contributed by atoms with E-state index in [-0.39, 0.29) is 74.1 Å². The summed E-state index contributed by atoms with van der Waals surface area (Å²) in [5, 5.41) is 2.30. The SMILES string of the molecule is CCS(=O)(=O)N1CCN(C2(CNC(=O)c3ccc(C(F)(F)F)cc3Cl)CCC(F)(F)CC2)CC1.Cl. The molecule has 0 aromatic heterocycles. The lowest BCUT2D eigenvalue weighted by Crippen LogP contribution is -2.63. The van der Waals surface area contributed by atoms with Gasteiger partial charge in [0.1, 0.15) is 0 Å². The largest absolute Gasteiger partial charge is 0.416 e. The molecular weight excluding hydrogens is 540 g/mol. The third kappa shape index (κ3) is 6.97. The highest BCUT2D eigenvalue weighted by molar-refractivity contribution is 7.89. The van der Waals surface area contributed by atoms with Gasteiger partial charge in [-0.05, 0) is 38.0 Å². The summed E-state index contributed by atoms with van der Waals surface area (Å²) in [5.41, 5.74) is -1.96. The van der Waals surface area contributed by atoms with Gasteiger partial charge in [-0.3, -0.25) is 9.69 Å². The summed E-state index contributed by atoms with van der Waals surface area (Å²) in [6.07, 6.45) is -5.19. The summed E-state index contributed by atoms with van der Waals surface area (Å²) >= 11 is 5.91. The second-order valence-electron chi connectivity index (χ2n) is 8.74. The van der Waals surface area contributed by atoms with Crippen LogP contribution in [-0.2, 0) is 16.2 Å². The van der Waals surface area contributed by atoms with Gasteiger partial charge in [-0.15, -0.1) is 12.4 Å². The highest BCUT2D eigenvalue weighted by Crippen LogP contribution is 2.42. The van der Waals surface area contributed by atoms with Gasteiger partial charge in [0.2, 0.25) is 15.9 Å². The van der Waals surface area contributed by atoms with Crippen LogP contribution in [0, 0.1) is 0 Å². The molecule has 1 aromatic rings.